The van der Waals surface area contributed by atoms with Crippen molar-refractivity contribution in [2.75, 3.05) is 32.6 Å². The maximum atomic E-state index is 5.65. The average molecular weight is 270 g/mol. The van der Waals surface area contributed by atoms with Crippen molar-refractivity contribution in [3.63, 3.8) is 0 Å². The van der Waals surface area contributed by atoms with E-state index < -0.39 is 0 Å². The van der Waals surface area contributed by atoms with Crippen LogP contribution >= 0.6 is 0 Å². The van der Waals surface area contributed by atoms with Gasteiger partial charge in [-0.1, -0.05) is 18.2 Å². The lowest BCUT2D eigenvalue weighted by Gasteiger charge is -2.15. The van der Waals surface area contributed by atoms with Crippen LogP contribution in [0.5, 0.6) is 5.75 Å². The van der Waals surface area contributed by atoms with Gasteiger partial charge < -0.3 is 15.4 Å². The molecule has 2 rings (SSSR count). The molecule has 106 valence electrons. The normalized spacial score (nSPS) is 10.4. The minimum absolute atomic E-state index is 0.656. The predicted molar refractivity (Wildman–Crippen MR) is 85.5 cm³/mol. The molecule has 2 N–H and O–H groups in total. The summed E-state index contributed by atoms with van der Waals surface area (Å²) in [6.45, 7) is 0.656. The molecule has 20 heavy (non-hydrogen) atoms. The van der Waals surface area contributed by atoms with Crippen molar-refractivity contribution in [1.29, 1.82) is 0 Å². The first-order valence-corrected chi connectivity index (χ1v) is 6.80. The van der Waals surface area contributed by atoms with Gasteiger partial charge in [0.2, 0.25) is 0 Å². The highest BCUT2D eigenvalue weighted by Crippen LogP contribution is 2.32. The molecule has 2 aromatic carbocycles. The van der Waals surface area contributed by atoms with Crippen LogP contribution in [0, 0.1) is 0 Å². The minimum atomic E-state index is 0.656. The lowest BCUT2D eigenvalue weighted by atomic mass is 10.00. The second kappa shape index (κ2) is 6.44. The van der Waals surface area contributed by atoms with Gasteiger partial charge in [-0.3, -0.25) is 0 Å². The van der Waals surface area contributed by atoms with Crippen LogP contribution in [-0.4, -0.2) is 27.7 Å². The summed E-state index contributed by atoms with van der Waals surface area (Å²) in [5.41, 5.74) is 10.3. The van der Waals surface area contributed by atoms with Crippen molar-refractivity contribution < 1.29 is 4.74 Å². The summed E-state index contributed by atoms with van der Waals surface area (Å²) < 4.78 is 5.49. The maximum absolute atomic E-state index is 5.65. The highest BCUT2D eigenvalue weighted by Gasteiger charge is 2.08. The van der Waals surface area contributed by atoms with Gasteiger partial charge in [-0.2, -0.15) is 0 Å². The third-order valence-corrected chi connectivity index (χ3v) is 3.37. The van der Waals surface area contributed by atoms with Crippen molar-refractivity contribution >= 4 is 5.69 Å². The van der Waals surface area contributed by atoms with Crippen LogP contribution < -0.4 is 15.4 Å². The largest absolute Gasteiger partial charge is 0.496 e. The molecular weight excluding hydrogens is 248 g/mol. The zero-order valence-corrected chi connectivity index (χ0v) is 12.4. The Hall–Kier alpha value is -2.00. The van der Waals surface area contributed by atoms with Gasteiger partial charge in [0, 0.05) is 25.3 Å². The molecule has 0 aliphatic heterocycles. The van der Waals surface area contributed by atoms with E-state index in [2.05, 4.69) is 41.3 Å². The Morgan fingerprint density at radius 2 is 1.90 bits per heavy atom. The van der Waals surface area contributed by atoms with E-state index in [0.717, 1.165) is 23.3 Å². The first-order valence-electron chi connectivity index (χ1n) is 6.80. The smallest absolute Gasteiger partial charge is 0.126 e. The molecule has 3 heteroatoms. The predicted octanol–water partition coefficient (Wildman–Crippen LogP) is 2.93. The third kappa shape index (κ3) is 3.11. The fraction of sp³-hybridized carbons (Fsp3) is 0.294. The number of hydrogen-bond acceptors (Lipinski definition) is 3. The molecule has 3 nitrogen and oxygen atoms in total. The van der Waals surface area contributed by atoms with Gasteiger partial charge in [0.1, 0.15) is 5.75 Å². The zero-order chi connectivity index (χ0) is 14.5. The monoisotopic (exact) mass is 270 g/mol. The van der Waals surface area contributed by atoms with Crippen LogP contribution in [0.3, 0.4) is 0 Å². The lowest BCUT2D eigenvalue weighted by molar-refractivity contribution is 0.416. The molecule has 0 aliphatic carbocycles. The first kappa shape index (κ1) is 14.4. The van der Waals surface area contributed by atoms with Crippen LogP contribution in [0.25, 0.3) is 11.1 Å². The maximum Gasteiger partial charge on any atom is 0.126 e. The molecule has 2 aromatic rings. The third-order valence-electron chi connectivity index (χ3n) is 3.37. The number of methoxy groups -OCH3 is 1. The van der Waals surface area contributed by atoms with E-state index in [1.807, 2.05) is 20.2 Å². The van der Waals surface area contributed by atoms with Gasteiger partial charge in [-0.15, -0.1) is 0 Å². The average Bonchev–Trinajstić information content (AvgIpc) is 2.47. The van der Waals surface area contributed by atoms with E-state index in [4.69, 9.17) is 10.5 Å². The van der Waals surface area contributed by atoms with Crippen LogP contribution in [0.2, 0.25) is 0 Å². The molecular formula is C17H22N2O. The second-order valence-electron chi connectivity index (χ2n) is 5.02. The van der Waals surface area contributed by atoms with Gasteiger partial charge in [0.15, 0.2) is 0 Å². The number of nitrogens with two attached hydrogens (primary N) is 1. The van der Waals surface area contributed by atoms with Crippen molar-refractivity contribution in [3.8, 4) is 16.9 Å². The molecule has 0 fully saturated rings. The minimum Gasteiger partial charge on any atom is -0.496 e. The summed E-state index contributed by atoms with van der Waals surface area (Å²) >= 11 is 0. The first-order chi connectivity index (χ1) is 9.65. The van der Waals surface area contributed by atoms with Crippen molar-refractivity contribution in [3.05, 3.63) is 48.0 Å². The van der Waals surface area contributed by atoms with Crippen LogP contribution in [0.4, 0.5) is 5.69 Å². The van der Waals surface area contributed by atoms with Gasteiger partial charge in [-0.25, -0.2) is 0 Å². The fourth-order valence-electron chi connectivity index (χ4n) is 2.25. The highest BCUT2D eigenvalue weighted by molar-refractivity contribution is 5.74. The number of nitrogens with zero attached hydrogens (tertiary/aromatic N) is 1. The van der Waals surface area contributed by atoms with E-state index in [-0.39, 0.29) is 0 Å². The molecule has 0 atom stereocenters. The Bertz CT molecular complexity index is 579. The van der Waals surface area contributed by atoms with E-state index in [1.54, 1.807) is 7.11 Å². The lowest BCUT2D eigenvalue weighted by Crippen LogP contribution is -2.08. The highest BCUT2D eigenvalue weighted by atomic mass is 16.5. The second-order valence-corrected chi connectivity index (χ2v) is 5.02. The number of ether oxygens (including phenoxy) is 1. The van der Waals surface area contributed by atoms with E-state index in [9.17, 15) is 0 Å². The van der Waals surface area contributed by atoms with Gasteiger partial charge in [0.25, 0.3) is 0 Å². The number of hydrogen-bond donors (Lipinski definition) is 1. The van der Waals surface area contributed by atoms with E-state index in [1.165, 1.54) is 11.3 Å². The van der Waals surface area contributed by atoms with E-state index in [0.29, 0.717) is 6.54 Å². The number of benzene rings is 2. The standard InChI is InChI=1S/C17H22N2O/c1-19(2)15-6-4-5-14(12-15)16-11-13(9-10-18)7-8-17(16)20-3/h4-8,11-12H,9-10,18H2,1-3H3. The topological polar surface area (TPSA) is 38.5 Å². The number of anilines is 1. The van der Waals surface area contributed by atoms with Crippen LogP contribution in [0.15, 0.2) is 42.5 Å². The Labute approximate surface area is 121 Å². The molecule has 0 saturated heterocycles. The summed E-state index contributed by atoms with van der Waals surface area (Å²) in [6.07, 6.45) is 0.879. The van der Waals surface area contributed by atoms with Crippen LogP contribution in [-0.2, 0) is 6.42 Å². The molecule has 0 heterocycles. The van der Waals surface area contributed by atoms with Crippen molar-refractivity contribution in [2.24, 2.45) is 5.73 Å². The van der Waals surface area contributed by atoms with Crippen LogP contribution in [0.1, 0.15) is 5.56 Å². The van der Waals surface area contributed by atoms with Gasteiger partial charge >= 0.3 is 0 Å². The molecule has 0 saturated carbocycles. The van der Waals surface area contributed by atoms with Gasteiger partial charge in [0.05, 0.1) is 7.11 Å². The molecule has 0 amide bonds. The summed E-state index contributed by atoms with van der Waals surface area (Å²) in [6, 6.07) is 14.7. The van der Waals surface area contributed by atoms with Gasteiger partial charge in [-0.05, 0) is 48.4 Å². The summed E-state index contributed by atoms with van der Waals surface area (Å²) in [5.74, 6) is 0.890. The Balaban J connectivity index is 2.49. The van der Waals surface area contributed by atoms with E-state index >= 15 is 0 Å². The number of rotatable bonds is 5. The Kier molecular flexibility index (Phi) is 4.64. The zero-order valence-electron chi connectivity index (χ0n) is 12.4. The Morgan fingerprint density at radius 1 is 1.10 bits per heavy atom. The molecule has 0 unspecified atom stereocenters. The molecule has 0 aliphatic rings. The summed E-state index contributed by atoms with van der Waals surface area (Å²) in [7, 11) is 5.79. The SMILES string of the molecule is COc1ccc(CCN)cc1-c1cccc(N(C)C)c1. The molecule has 0 aromatic heterocycles. The summed E-state index contributed by atoms with van der Waals surface area (Å²) in [4.78, 5) is 2.10. The quantitative estimate of drug-likeness (QED) is 0.908. The fourth-order valence-corrected chi connectivity index (χ4v) is 2.25. The Morgan fingerprint density at radius 3 is 2.55 bits per heavy atom. The molecule has 0 spiro atoms. The van der Waals surface area contributed by atoms with Crippen molar-refractivity contribution in [2.45, 2.75) is 6.42 Å². The van der Waals surface area contributed by atoms with Crippen molar-refractivity contribution in [1.82, 2.24) is 0 Å². The molecule has 0 bridgehead atoms. The summed E-state index contributed by atoms with van der Waals surface area (Å²) in [5, 5.41) is 0. The molecule has 0 radical (unpaired) electrons.